The van der Waals surface area contributed by atoms with E-state index in [1.54, 1.807) is 18.4 Å². The number of nitrogens with zero attached hydrogens (tertiary/aromatic N) is 2. The lowest BCUT2D eigenvalue weighted by atomic mass is 9.98. The Morgan fingerprint density at radius 2 is 2.12 bits per heavy atom. The lowest BCUT2D eigenvalue weighted by molar-refractivity contribution is -0.123. The van der Waals surface area contributed by atoms with Crippen molar-refractivity contribution in [3.05, 3.63) is 57.9 Å². The average molecular weight is 480 g/mol. The normalized spacial score (nSPS) is 13.1. The molecule has 8 heteroatoms. The third-order valence-electron chi connectivity index (χ3n) is 5.76. The molecule has 0 atom stereocenters. The van der Waals surface area contributed by atoms with Crippen LogP contribution in [-0.4, -0.2) is 43.7 Å². The van der Waals surface area contributed by atoms with Crippen molar-refractivity contribution in [2.24, 2.45) is 0 Å². The van der Waals surface area contributed by atoms with Gasteiger partial charge in [-0.15, -0.1) is 11.3 Å². The molecule has 178 valence electrons. The van der Waals surface area contributed by atoms with Crippen LogP contribution in [0.5, 0.6) is 5.75 Å². The molecule has 0 radical (unpaired) electrons. The maximum absolute atomic E-state index is 13.1. The molecule has 0 spiro atoms. The van der Waals surface area contributed by atoms with Crippen LogP contribution in [0.1, 0.15) is 35.9 Å². The molecular formula is C26H29N3O4S. The predicted molar refractivity (Wildman–Crippen MR) is 135 cm³/mol. The molecule has 0 bridgehead atoms. The number of fused-ring (bicyclic) bond motifs is 1. The second-order valence-corrected chi connectivity index (χ2v) is 9.51. The number of carbonyl (C=O) groups excluding carboxylic acids is 2. The number of carbonyl (C=O) groups is 2. The minimum Gasteiger partial charge on any atom is -0.482 e. The van der Waals surface area contributed by atoms with Gasteiger partial charge in [-0.1, -0.05) is 32.0 Å². The van der Waals surface area contributed by atoms with Gasteiger partial charge in [0.2, 0.25) is 5.91 Å². The van der Waals surface area contributed by atoms with E-state index in [4.69, 9.17) is 9.47 Å². The van der Waals surface area contributed by atoms with Gasteiger partial charge in [0, 0.05) is 30.2 Å². The van der Waals surface area contributed by atoms with Crippen molar-refractivity contribution < 1.29 is 19.1 Å². The molecule has 2 amide bonds. The predicted octanol–water partition coefficient (Wildman–Crippen LogP) is 4.79. The average Bonchev–Trinajstić information content (AvgIpc) is 3.29. The minimum absolute atomic E-state index is 0.0966. The molecule has 1 aliphatic heterocycles. The van der Waals surface area contributed by atoms with Crippen LogP contribution in [0.25, 0.3) is 11.3 Å². The van der Waals surface area contributed by atoms with Crippen molar-refractivity contribution in [3.63, 3.8) is 0 Å². The van der Waals surface area contributed by atoms with E-state index in [1.807, 2.05) is 48.7 Å². The van der Waals surface area contributed by atoms with Crippen molar-refractivity contribution in [1.82, 2.24) is 4.98 Å². The van der Waals surface area contributed by atoms with Gasteiger partial charge < -0.3 is 14.8 Å². The van der Waals surface area contributed by atoms with E-state index < -0.39 is 0 Å². The van der Waals surface area contributed by atoms with Crippen molar-refractivity contribution in [1.29, 1.82) is 0 Å². The van der Waals surface area contributed by atoms with Crippen LogP contribution in [0.2, 0.25) is 0 Å². The van der Waals surface area contributed by atoms with Gasteiger partial charge >= 0.3 is 0 Å². The summed E-state index contributed by atoms with van der Waals surface area (Å²) >= 11 is 1.57. The maximum atomic E-state index is 13.1. The van der Waals surface area contributed by atoms with Gasteiger partial charge in [-0.3, -0.25) is 14.5 Å². The van der Waals surface area contributed by atoms with E-state index >= 15 is 0 Å². The molecule has 2 aromatic carbocycles. The topological polar surface area (TPSA) is 80.8 Å². The second kappa shape index (κ2) is 10.4. The molecule has 0 unspecified atom stereocenters. The summed E-state index contributed by atoms with van der Waals surface area (Å²) in [6.45, 7) is 6.57. The van der Waals surface area contributed by atoms with E-state index in [9.17, 15) is 9.59 Å². The van der Waals surface area contributed by atoms with Gasteiger partial charge in [-0.05, 0) is 42.2 Å². The second-order valence-electron chi connectivity index (χ2n) is 8.56. The van der Waals surface area contributed by atoms with Gasteiger partial charge in [0.15, 0.2) is 6.61 Å². The molecule has 0 aliphatic carbocycles. The summed E-state index contributed by atoms with van der Waals surface area (Å²) in [6, 6.07) is 11.6. The Morgan fingerprint density at radius 3 is 2.88 bits per heavy atom. The van der Waals surface area contributed by atoms with Crippen LogP contribution in [0.15, 0.2) is 41.8 Å². The molecule has 3 aromatic rings. The van der Waals surface area contributed by atoms with E-state index in [0.29, 0.717) is 18.0 Å². The highest BCUT2D eigenvalue weighted by molar-refractivity contribution is 7.09. The number of anilines is 2. The molecule has 0 fully saturated rings. The van der Waals surface area contributed by atoms with E-state index in [0.717, 1.165) is 39.5 Å². The molecule has 0 saturated heterocycles. The molecule has 7 nitrogen and oxygen atoms in total. The van der Waals surface area contributed by atoms with E-state index in [2.05, 4.69) is 24.1 Å². The molecule has 1 aromatic heterocycles. The first-order chi connectivity index (χ1) is 16.4. The summed E-state index contributed by atoms with van der Waals surface area (Å²) in [5, 5.41) is 6.00. The van der Waals surface area contributed by atoms with Crippen LogP contribution in [0.4, 0.5) is 11.4 Å². The first-order valence-electron chi connectivity index (χ1n) is 11.3. The summed E-state index contributed by atoms with van der Waals surface area (Å²) in [6.07, 6.45) is 0.747. The Morgan fingerprint density at radius 1 is 1.29 bits per heavy atom. The number of hydrogen-bond acceptors (Lipinski definition) is 6. The van der Waals surface area contributed by atoms with Gasteiger partial charge in [-0.2, -0.15) is 0 Å². The fourth-order valence-corrected chi connectivity index (χ4v) is 4.74. The molecule has 1 aliphatic rings. The van der Waals surface area contributed by atoms with E-state index in [1.165, 1.54) is 4.90 Å². The minimum atomic E-state index is -0.257. The SMILES string of the molecule is COCCc1nc(-c2ccc3c(c2)N(CC(=O)Nc2c(C)cccc2C(C)C)C(=O)CO3)cs1. The Kier molecular flexibility index (Phi) is 7.29. The number of nitrogens with one attached hydrogen (secondary N) is 1. The molecule has 1 N–H and O–H groups in total. The first-order valence-corrected chi connectivity index (χ1v) is 12.2. The van der Waals surface area contributed by atoms with Crippen molar-refractivity contribution >= 4 is 34.5 Å². The van der Waals surface area contributed by atoms with Crippen LogP contribution in [0, 0.1) is 6.92 Å². The van der Waals surface area contributed by atoms with Gasteiger partial charge in [0.1, 0.15) is 12.3 Å². The zero-order chi connectivity index (χ0) is 24.2. The number of amides is 2. The highest BCUT2D eigenvalue weighted by Gasteiger charge is 2.28. The van der Waals surface area contributed by atoms with Crippen LogP contribution >= 0.6 is 11.3 Å². The summed E-state index contributed by atoms with van der Waals surface area (Å²) in [7, 11) is 1.67. The number of hydrogen-bond donors (Lipinski definition) is 1. The summed E-state index contributed by atoms with van der Waals surface area (Å²) < 4.78 is 10.8. The quantitative estimate of drug-likeness (QED) is 0.502. The molecule has 2 heterocycles. The molecule has 0 saturated carbocycles. The lowest BCUT2D eigenvalue weighted by Crippen LogP contribution is -2.43. The third-order valence-corrected chi connectivity index (χ3v) is 6.67. The summed E-state index contributed by atoms with van der Waals surface area (Å²) in [4.78, 5) is 32.0. The number of aromatic nitrogens is 1. The Balaban J connectivity index is 1.57. The maximum Gasteiger partial charge on any atom is 0.265 e. The Hall–Kier alpha value is -3.23. The van der Waals surface area contributed by atoms with Crippen molar-refractivity contribution in [2.75, 3.05) is 37.1 Å². The molecular weight excluding hydrogens is 450 g/mol. The zero-order valence-electron chi connectivity index (χ0n) is 19.9. The number of rotatable bonds is 8. The lowest BCUT2D eigenvalue weighted by Gasteiger charge is -2.29. The number of para-hydroxylation sites is 1. The third kappa shape index (κ3) is 5.13. The number of ether oxygens (including phenoxy) is 2. The van der Waals surface area contributed by atoms with Crippen LogP contribution in [0.3, 0.4) is 0 Å². The number of benzene rings is 2. The van der Waals surface area contributed by atoms with Gasteiger partial charge in [0.05, 0.1) is 23.0 Å². The summed E-state index contributed by atoms with van der Waals surface area (Å²) in [5.41, 5.74) is 5.12. The fourth-order valence-electron chi connectivity index (χ4n) is 3.95. The van der Waals surface area contributed by atoms with Gasteiger partial charge in [-0.25, -0.2) is 4.98 Å². The first kappa shape index (κ1) is 23.9. The standard InChI is InChI=1S/C26H29N3O4S/c1-16(2)19-7-5-6-17(3)26(19)28-23(30)13-29-21-12-18(8-9-22(21)33-14-25(29)31)20-15-34-24(27-20)10-11-32-4/h5-9,12,15-16H,10-11,13-14H2,1-4H3,(H,28,30). The largest absolute Gasteiger partial charge is 0.482 e. The Labute approximate surface area is 203 Å². The van der Waals surface area contributed by atoms with Crippen LogP contribution < -0.4 is 15.0 Å². The number of thiazole rings is 1. The van der Waals surface area contributed by atoms with E-state index in [-0.39, 0.29) is 30.9 Å². The highest BCUT2D eigenvalue weighted by atomic mass is 32.1. The Bertz CT molecular complexity index is 1200. The van der Waals surface area contributed by atoms with Gasteiger partial charge in [0.25, 0.3) is 5.91 Å². The summed E-state index contributed by atoms with van der Waals surface area (Å²) in [5.74, 6) is 0.325. The van der Waals surface area contributed by atoms with Crippen molar-refractivity contribution in [2.45, 2.75) is 33.1 Å². The zero-order valence-corrected chi connectivity index (χ0v) is 20.7. The number of aryl methyl sites for hydroxylation is 1. The molecule has 4 rings (SSSR count). The smallest absolute Gasteiger partial charge is 0.265 e. The monoisotopic (exact) mass is 479 g/mol. The van der Waals surface area contributed by atoms with Crippen molar-refractivity contribution in [3.8, 4) is 17.0 Å². The highest BCUT2D eigenvalue weighted by Crippen LogP contribution is 2.36. The number of methoxy groups -OCH3 is 1. The fraction of sp³-hybridized carbons (Fsp3) is 0.346. The molecule has 34 heavy (non-hydrogen) atoms. The van der Waals surface area contributed by atoms with Crippen LogP contribution in [-0.2, 0) is 20.7 Å².